The molecule has 1 aromatic rings. The topological polar surface area (TPSA) is 81.4 Å². The van der Waals surface area contributed by atoms with Gasteiger partial charge >= 0.3 is 0 Å². The molecule has 0 bridgehead atoms. The number of sulfonamides is 1. The van der Waals surface area contributed by atoms with Gasteiger partial charge in [-0.2, -0.15) is 11.8 Å². The first-order valence-electron chi connectivity index (χ1n) is 6.15. The van der Waals surface area contributed by atoms with Gasteiger partial charge in [-0.3, -0.25) is 0 Å². The Bertz CT molecular complexity index is 496. The molecule has 1 atom stereocenters. The number of nitrogens with two attached hydrogens (primary N) is 1. The largest absolute Gasteiger partial charge is 0.492 e. The summed E-state index contributed by atoms with van der Waals surface area (Å²) in [7, 11) is -3.42. The molecular formula is C12H18N2O3S2. The third kappa shape index (κ3) is 4.10. The maximum Gasteiger partial charge on any atom is 0.240 e. The molecule has 0 aromatic heterocycles. The maximum atomic E-state index is 12.1. The third-order valence-electron chi connectivity index (χ3n) is 2.77. The standard InChI is InChI=1S/C12H18N2O3S2/c13-6-7-17-11-1-3-12(4-2-11)19(15,16)14-10-5-8-18-9-10/h1-4,10,14H,5-9,13H2. The monoisotopic (exact) mass is 302 g/mol. The lowest BCUT2D eigenvalue weighted by Gasteiger charge is -2.12. The smallest absolute Gasteiger partial charge is 0.240 e. The molecule has 0 radical (unpaired) electrons. The summed E-state index contributed by atoms with van der Waals surface area (Å²) in [6, 6.07) is 6.44. The van der Waals surface area contributed by atoms with E-state index in [0.29, 0.717) is 18.9 Å². The van der Waals surface area contributed by atoms with Crippen molar-refractivity contribution < 1.29 is 13.2 Å². The first-order chi connectivity index (χ1) is 9.12. The van der Waals surface area contributed by atoms with Crippen molar-refractivity contribution in [2.45, 2.75) is 17.4 Å². The molecular weight excluding hydrogens is 284 g/mol. The second-order valence-electron chi connectivity index (χ2n) is 4.29. The van der Waals surface area contributed by atoms with E-state index in [0.717, 1.165) is 17.9 Å². The van der Waals surface area contributed by atoms with Gasteiger partial charge in [0, 0.05) is 18.3 Å². The summed E-state index contributed by atoms with van der Waals surface area (Å²) in [5.41, 5.74) is 5.33. The van der Waals surface area contributed by atoms with Crippen molar-refractivity contribution in [3.8, 4) is 5.75 Å². The van der Waals surface area contributed by atoms with Crippen molar-refractivity contribution in [2.24, 2.45) is 5.73 Å². The summed E-state index contributed by atoms with van der Waals surface area (Å²) in [6.07, 6.45) is 0.890. The molecule has 1 aromatic carbocycles. The molecule has 5 nitrogen and oxygen atoms in total. The number of rotatable bonds is 6. The fourth-order valence-electron chi connectivity index (χ4n) is 1.81. The van der Waals surface area contributed by atoms with E-state index in [9.17, 15) is 8.42 Å². The number of nitrogens with one attached hydrogen (secondary N) is 1. The van der Waals surface area contributed by atoms with E-state index in [1.807, 2.05) is 0 Å². The highest BCUT2D eigenvalue weighted by Crippen LogP contribution is 2.21. The highest BCUT2D eigenvalue weighted by Gasteiger charge is 2.23. The quantitative estimate of drug-likeness (QED) is 0.812. The van der Waals surface area contributed by atoms with Crippen molar-refractivity contribution in [3.05, 3.63) is 24.3 Å². The molecule has 1 fully saturated rings. The molecule has 0 spiro atoms. The number of benzene rings is 1. The highest BCUT2D eigenvalue weighted by atomic mass is 32.2. The minimum Gasteiger partial charge on any atom is -0.492 e. The molecule has 3 N–H and O–H groups in total. The minimum atomic E-state index is -3.42. The van der Waals surface area contributed by atoms with Crippen LogP contribution in [0.15, 0.2) is 29.2 Å². The van der Waals surface area contributed by atoms with E-state index >= 15 is 0 Å². The van der Waals surface area contributed by atoms with E-state index < -0.39 is 10.0 Å². The molecule has 1 unspecified atom stereocenters. The van der Waals surface area contributed by atoms with Crippen LogP contribution in [0.1, 0.15) is 6.42 Å². The van der Waals surface area contributed by atoms with Gasteiger partial charge in [-0.25, -0.2) is 13.1 Å². The van der Waals surface area contributed by atoms with Crippen LogP contribution in [0.4, 0.5) is 0 Å². The lowest BCUT2D eigenvalue weighted by atomic mass is 10.3. The lowest BCUT2D eigenvalue weighted by molar-refractivity contribution is 0.328. The number of thioether (sulfide) groups is 1. The fourth-order valence-corrected chi connectivity index (χ4v) is 4.34. The first-order valence-corrected chi connectivity index (χ1v) is 8.78. The number of ether oxygens (including phenoxy) is 1. The second kappa shape index (κ2) is 6.60. The molecule has 19 heavy (non-hydrogen) atoms. The lowest BCUT2D eigenvalue weighted by Crippen LogP contribution is -2.34. The van der Waals surface area contributed by atoms with Crippen LogP contribution in [0.25, 0.3) is 0 Å². The Balaban J connectivity index is 2.03. The fraction of sp³-hybridized carbons (Fsp3) is 0.500. The van der Waals surface area contributed by atoms with Crippen LogP contribution in [0, 0.1) is 0 Å². The number of hydrogen-bond acceptors (Lipinski definition) is 5. The average Bonchev–Trinajstić information content (AvgIpc) is 2.89. The molecule has 1 saturated heterocycles. The third-order valence-corrected chi connectivity index (χ3v) is 5.47. The van der Waals surface area contributed by atoms with Crippen molar-refractivity contribution in [1.29, 1.82) is 0 Å². The zero-order valence-electron chi connectivity index (χ0n) is 10.5. The van der Waals surface area contributed by atoms with E-state index in [1.54, 1.807) is 36.0 Å². The molecule has 2 rings (SSSR count). The summed E-state index contributed by atoms with van der Waals surface area (Å²) in [5.74, 6) is 2.48. The van der Waals surface area contributed by atoms with Crippen molar-refractivity contribution in [2.75, 3.05) is 24.7 Å². The van der Waals surface area contributed by atoms with Gasteiger partial charge in [-0.15, -0.1) is 0 Å². The Labute approximate surface area is 118 Å². The first kappa shape index (κ1) is 14.6. The van der Waals surface area contributed by atoms with Crippen LogP contribution in [0.3, 0.4) is 0 Å². The van der Waals surface area contributed by atoms with Gasteiger partial charge in [-0.1, -0.05) is 0 Å². The van der Waals surface area contributed by atoms with E-state index in [-0.39, 0.29) is 10.9 Å². The van der Waals surface area contributed by atoms with Crippen LogP contribution in [-0.4, -0.2) is 39.1 Å². The predicted octanol–water partition coefficient (Wildman–Crippen LogP) is 0.808. The molecule has 1 aliphatic rings. The van der Waals surface area contributed by atoms with Crippen molar-refractivity contribution >= 4 is 21.8 Å². The SMILES string of the molecule is NCCOc1ccc(S(=O)(=O)NC2CCSC2)cc1. The Morgan fingerprint density at radius 2 is 2.11 bits per heavy atom. The van der Waals surface area contributed by atoms with Crippen molar-refractivity contribution in [3.63, 3.8) is 0 Å². The molecule has 1 heterocycles. The molecule has 106 valence electrons. The van der Waals surface area contributed by atoms with Crippen LogP contribution < -0.4 is 15.2 Å². The Kier molecular flexibility index (Phi) is 5.09. The Morgan fingerprint density at radius 3 is 2.68 bits per heavy atom. The average molecular weight is 302 g/mol. The van der Waals surface area contributed by atoms with Gasteiger partial charge in [0.2, 0.25) is 10.0 Å². The molecule has 0 aliphatic carbocycles. The predicted molar refractivity (Wildman–Crippen MR) is 77.0 cm³/mol. The Hall–Kier alpha value is -0.760. The van der Waals surface area contributed by atoms with Crippen LogP contribution >= 0.6 is 11.8 Å². The summed E-state index contributed by atoms with van der Waals surface area (Å²) < 4.78 is 32.3. The summed E-state index contributed by atoms with van der Waals surface area (Å²) in [6.45, 7) is 0.852. The summed E-state index contributed by atoms with van der Waals surface area (Å²) >= 11 is 1.77. The van der Waals surface area contributed by atoms with Crippen LogP contribution in [-0.2, 0) is 10.0 Å². The van der Waals surface area contributed by atoms with Gasteiger partial charge in [0.05, 0.1) is 4.90 Å². The summed E-state index contributed by atoms with van der Waals surface area (Å²) in [5, 5.41) is 0. The maximum absolute atomic E-state index is 12.1. The van der Waals surface area contributed by atoms with E-state index in [1.165, 1.54) is 0 Å². The minimum absolute atomic E-state index is 0.0446. The van der Waals surface area contributed by atoms with Gasteiger partial charge in [-0.05, 0) is 36.4 Å². The molecule has 0 saturated carbocycles. The summed E-state index contributed by atoms with van der Waals surface area (Å²) in [4.78, 5) is 0.268. The van der Waals surface area contributed by atoms with E-state index in [4.69, 9.17) is 10.5 Å². The van der Waals surface area contributed by atoms with Gasteiger partial charge in [0.15, 0.2) is 0 Å². The van der Waals surface area contributed by atoms with E-state index in [2.05, 4.69) is 4.72 Å². The zero-order valence-corrected chi connectivity index (χ0v) is 12.2. The molecule has 7 heteroatoms. The van der Waals surface area contributed by atoms with Gasteiger partial charge in [0.1, 0.15) is 12.4 Å². The van der Waals surface area contributed by atoms with Crippen LogP contribution in [0.2, 0.25) is 0 Å². The number of hydrogen-bond donors (Lipinski definition) is 2. The second-order valence-corrected chi connectivity index (χ2v) is 7.15. The molecule has 1 aliphatic heterocycles. The molecule has 0 amide bonds. The highest BCUT2D eigenvalue weighted by molar-refractivity contribution is 7.99. The van der Waals surface area contributed by atoms with Gasteiger partial charge in [0.25, 0.3) is 0 Å². The zero-order chi connectivity index (χ0) is 13.7. The van der Waals surface area contributed by atoms with Gasteiger partial charge < -0.3 is 10.5 Å². The normalized spacial score (nSPS) is 19.5. The van der Waals surface area contributed by atoms with Crippen molar-refractivity contribution in [1.82, 2.24) is 4.72 Å². The van der Waals surface area contributed by atoms with Crippen LogP contribution in [0.5, 0.6) is 5.75 Å². The Morgan fingerprint density at radius 1 is 1.37 bits per heavy atom.